The Bertz CT molecular complexity index is 1920. The second-order valence-electron chi connectivity index (χ2n) is 21.4. The van der Waals surface area contributed by atoms with E-state index in [0.29, 0.717) is 72.9 Å². The van der Waals surface area contributed by atoms with Gasteiger partial charge in [0.1, 0.15) is 12.0 Å². The number of ether oxygens (including phenoxy) is 1. The van der Waals surface area contributed by atoms with E-state index in [-0.39, 0.29) is 33.8 Å². The van der Waals surface area contributed by atoms with Crippen molar-refractivity contribution < 1.29 is 23.1 Å². The Balaban J connectivity index is 1.01. The lowest BCUT2D eigenvalue weighted by Crippen LogP contribution is -2.68. The number of allylic oxidation sites excluding steroid dienone is 5. The summed E-state index contributed by atoms with van der Waals surface area (Å²) in [6.45, 7) is 25.3. The first-order chi connectivity index (χ1) is 26.8. The van der Waals surface area contributed by atoms with Crippen LogP contribution in [0.4, 0.5) is 0 Å². The normalized spacial score (nSPS) is 42.4. The fraction of sp³-hybridized carbons (Fsp3) is 0.787. The molecule has 0 aromatic carbocycles. The molecule has 0 bridgehead atoms. The van der Waals surface area contributed by atoms with Crippen LogP contribution in [0.2, 0.25) is 0 Å². The standard InChI is InChI=1S/C47H71N3O5S2/c1-31(2)34-13-20-47(48-23-24-50-25-27-57(53,54)28-26-50)22-21-44(7)36(40(34)47)9-10-38-43(6)16-14-35(42(4,5)37(43)15-17-45(38,44)8)33-11-18-46(19-12-33,41(51)52)30-55-39-29-32(3)56-49-39/h11,14,29,34,36-38,40,48H,1,9-10,12-13,15-28,30H2,2-8H3,(H,51,52)/t34-,36+,37-,38+,40+,43-,44+,45+,46?,47-/m0/s1. The molecule has 0 spiro atoms. The molecule has 4 saturated carbocycles. The molecule has 8 rings (SSSR count). The number of rotatable bonds is 10. The van der Waals surface area contributed by atoms with Crippen molar-refractivity contribution >= 4 is 27.3 Å². The number of nitrogens with one attached hydrogen (secondary N) is 1. The van der Waals surface area contributed by atoms with E-state index >= 15 is 0 Å². The highest BCUT2D eigenvalue weighted by Crippen LogP contribution is 2.76. The highest BCUT2D eigenvalue weighted by molar-refractivity contribution is 7.91. The largest absolute Gasteiger partial charge is 0.481 e. The number of aromatic nitrogens is 1. The van der Waals surface area contributed by atoms with Crippen molar-refractivity contribution in [2.75, 3.05) is 44.3 Å². The van der Waals surface area contributed by atoms with E-state index in [4.69, 9.17) is 4.74 Å². The van der Waals surface area contributed by atoms with Gasteiger partial charge in [-0.05, 0) is 165 Å². The zero-order valence-corrected chi connectivity index (χ0v) is 37.7. The summed E-state index contributed by atoms with van der Waals surface area (Å²) in [6, 6.07) is 1.89. The maximum absolute atomic E-state index is 12.7. The van der Waals surface area contributed by atoms with Gasteiger partial charge in [-0.2, -0.15) is 4.37 Å². The number of fused-ring (bicyclic) bond motifs is 7. The molecule has 1 saturated heterocycles. The van der Waals surface area contributed by atoms with Crippen LogP contribution in [0, 0.1) is 63.6 Å². The summed E-state index contributed by atoms with van der Waals surface area (Å²) in [5.41, 5.74) is 4.16. The molecule has 2 N–H and O–H groups in total. The average molecular weight is 822 g/mol. The molecule has 6 aliphatic carbocycles. The summed E-state index contributed by atoms with van der Waals surface area (Å²) in [4.78, 5) is 16.1. The third-order valence-corrected chi connectivity index (χ3v) is 20.8. The van der Waals surface area contributed by atoms with Crippen molar-refractivity contribution in [3.63, 3.8) is 0 Å². The fourth-order valence-electron chi connectivity index (χ4n) is 15.2. The van der Waals surface area contributed by atoms with Crippen LogP contribution in [-0.2, 0) is 14.6 Å². The number of carboxylic acids is 1. The van der Waals surface area contributed by atoms with E-state index in [9.17, 15) is 18.3 Å². The lowest BCUT2D eigenvalue weighted by molar-refractivity contribution is -0.221. The molecular formula is C47H71N3O5S2. The van der Waals surface area contributed by atoms with Gasteiger partial charge in [-0.1, -0.05) is 58.9 Å². The average Bonchev–Trinajstić information content (AvgIpc) is 3.75. The minimum absolute atomic E-state index is 0.0104. The van der Waals surface area contributed by atoms with Gasteiger partial charge in [0.2, 0.25) is 5.88 Å². The Morgan fingerprint density at radius 2 is 1.74 bits per heavy atom. The van der Waals surface area contributed by atoms with E-state index in [1.54, 1.807) is 0 Å². The SMILES string of the molecule is C=C(C)[C@@H]1CC[C@]2(NCCN3CCS(=O)(=O)CC3)CC[C@]3(C)[C@H](CC[C@@H]4[C@@]5(C)CC=C(C6=CCC(COc7cc(C)sn7)(C(=O)O)CC6)C(C)(C)[C@@H]5CC[C@]43C)[C@@H]12. The number of nitrogens with zero attached hydrogens (tertiary/aromatic N) is 2. The van der Waals surface area contributed by atoms with Gasteiger partial charge in [0, 0.05) is 42.7 Å². The summed E-state index contributed by atoms with van der Waals surface area (Å²) >= 11 is 1.39. The maximum atomic E-state index is 12.7. The van der Waals surface area contributed by atoms with Gasteiger partial charge < -0.3 is 20.1 Å². The Kier molecular flexibility index (Phi) is 10.7. The van der Waals surface area contributed by atoms with Crippen LogP contribution in [0.15, 0.2) is 41.5 Å². The van der Waals surface area contributed by atoms with Gasteiger partial charge in [-0.15, -0.1) is 0 Å². The van der Waals surface area contributed by atoms with E-state index in [1.165, 1.54) is 79.6 Å². The first kappa shape index (κ1) is 41.7. The molecule has 8 nitrogen and oxygen atoms in total. The number of hydrogen-bond acceptors (Lipinski definition) is 8. The summed E-state index contributed by atoms with van der Waals surface area (Å²) in [7, 11) is -2.87. The molecule has 1 aromatic rings. The molecule has 10 atom stereocenters. The van der Waals surface area contributed by atoms with Gasteiger partial charge in [0.05, 0.1) is 11.5 Å². The van der Waals surface area contributed by atoms with Crippen LogP contribution in [-0.4, -0.2) is 78.6 Å². The third-order valence-electron chi connectivity index (χ3n) is 18.5. The van der Waals surface area contributed by atoms with Crippen molar-refractivity contribution in [3.05, 3.63) is 46.4 Å². The van der Waals surface area contributed by atoms with Crippen molar-refractivity contribution in [1.29, 1.82) is 0 Å². The first-order valence-electron chi connectivity index (χ1n) is 22.3. The molecule has 1 aromatic heterocycles. The number of aryl methyl sites for hydroxylation is 1. The number of hydrogen-bond donors (Lipinski definition) is 2. The van der Waals surface area contributed by atoms with E-state index in [2.05, 4.69) is 74.9 Å². The zero-order valence-electron chi connectivity index (χ0n) is 36.1. The zero-order chi connectivity index (χ0) is 40.8. The minimum atomic E-state index is -2.87. The Hall–Kier alpha value is -2.01. The second kappa shape index (κ2) is 14.6. The summed E-state index contributed by atoms with van der Waals surface area (Å²) in [5.74, 6) is 3.40. The summed E-state index contributed by atoms with van der Waals surface area (Å²) in [5, 5.41) is 14.7. The quantitative estimate of drug-likeness (QED) is 0.225. The van der Waals surface area contributed by atoms with E-state index in [1.807, 2.05) is 13.0 Å². The summed E-state index contributed by atoms with van der Waals surface area (Å²) < 4.78 is 34.5. The fourth-order valence-corrected chi connectivity index (χ4v) is 17.0. The van der Waals surface area contributed by atoms with Crippen LogP contribution in [0.5, 0.6) is 5.88 Å². The maximum Gasteiger partial charge on any atom is 0.313 e. The predicted molar refractivity (Wildman–Crippen MR) is 230 cm³/mol. The number of sulfone groups is 1. The topological polar surface area (TPSA) is 109 Å². The molecule has 5 fully saturated rings. The number of carboxylic acid groups (broad SMARTS) is 1. The van der Waals surface area contributed by atoms with E-state index < -0.39 is 21.2 Å². The second-order valence-corrected chi connectivity index (χ2v) is 24.7. The predicted octanol–water partition coefficient (Wildman–Crippen LogP) is 9.28. The molecule has 57 heavy (non-hydrogen) atoms. The van der Waals surface area contributed by atoms with Crippen LogP contribution in [0.3, 0.4) is 0 Å². The summed E-state index contributed by atoms with van der Waals surface area (Å²) in [6.07, 6.45) is 17.9. The minimum Gasteiger partial charge on any atom is -0.481 e. The highest BCUT2D eigenvalue weighted by Gasteiger charge is 2.70. The molecule has 10 heteroatoms. The number of aliphatic carboxylic acids is 1. The molecule has 0 amide bonds. The first-order valence-corrected chi connectivity index (χ1v) is 24.9. The third kappa shape index (κ3) is 6.75. The van der Waals surface area contributed by atoms with Crippen molar-refractivity contribution in [2.24, 2.45) is 56.7 Å². The lowest BCUT2D eigenvalue weighted by atomic mass is 9.33. The highest BCUT2D eigenvalue weighted by atomic mass is 32.2. The Morgan fingerprint density at radius 1 is 0.982 bits per heavy atom. The molecule has 7 aliphatic rings. The van der Waals surface area contributed by atoms with E-state index in [0.717, 1.165) is 30.8 Å². The van der Waals surface area contributed by atoms with Crippen molar-refractivity contribution in [3.8, 4) is 5.88 Å². The van der Waals surface area contributed by atoms with Gasteiger partial charge >= 0.3 is 5.97 Å². The number of carbonyl (C=O) groups is 1. The van der Waals surface area contributed by atoms with Crippen molar-refractivity contribution in [2.45, 2.75) is 131 Å². The van der Waals surface area contributed by atoms with Crippen LogP contribution in [0.1, 0.15) is 123 Å². The smallest absolute Gasteiger partial charge is 0.313 e. The van der Waals surface area contributed by atoms with Gasteiger partial charge in [-0.25, -0.2) is 8.42 Å². The van der Waals surface area contributed by atoms with Crippen LogP contribution in [0.25, 0.3) is 0 Å². The monoisotopic (exact) mass is 821 g/mol. The lowest BCUT2D eigenvalue weighted by Gasteiger charge is -2.72. The Morgan fingerprint density at radius 3 is 2.39 bits per heavy atom. The van der Waals surface area contributed by atoms with Crippen LogP contribution < -0.4 is 10.1 Å². The van der Waals surface area contributed by atoms with Gasteiger partial charge in [-0.3, -0.25) is 4.79 Å². The van der Waals surface area contributed by atoms with Crippen molar-refractivity contribution in [1.82, 2.24) is 14.6 Å². The molecule has 316 valence electrons. The molecule has 1 unspecified atom stereocenters. The molecule has 2 heterocycles. The molecular weight excluding hydrogens is 751 g/mol. The Labute approximate surface area is 347 Å². The molecule has 0 radical (unpaired) electrons. The van der Waals surface area contributed by atoms with Gasteiger partial charge in [0.15, 0.2) is 9.84 Å². The molecule has 1 aliphatic heterocycles. The van der Waals surface area contributed by atoms with Crippen LogP contribution >= 0.6 is 11.5 Å². The van der Waals surface area contributed by atoms with Gasteiger partial charge in [0.25, 0.3) is 0 Å².